The van der Waals surface area contributed by atoms with Gasteiger partial charge in [0.1, 0.15) is 17.3 Å². The highest BCUT2D eigenvalue weighted by atomic mass is 16.5. The summed E-state index contributed by atoms with van der Waals surface area (Å²) in [6.07, 6.45) is 1.40. The zero-order chi connectivity index (χ0) is 24.2. The molecule has 1 N–H and O–H groups in total. The van der Waals surface area contributed by atoms with Crippen LogP contribution < -0.4 is 14.8 Å². The summed E-state index contributed by atoms with van der Waals surface area (Å²) < 4.78 is 10.7. The van der Waals surface area contributed by atoms with Crippen LogP contribution >= 0.6 is 0 Å². The first-order valence-electron chi connectivity index (χ1n) is 11.5. The van der Waals surface area contributed by atoms with Gasteiger partial charge in [-0.1, -0.05) is 32.0 Å². The van der Waals surface area contributed by atoms with Crippen LogP contribution in [-0.2, 0) is 13.0 Å². The van der Waals surface area contributed by atoms with Crippen LogP contribution in [-0.4, -0.2) is 35.9 Å². The summed E-state index contributed by atoms with van der Waals surface area (Å²) in [5.41, 5.74) is 3.79. The number of rotatable bonds is 6. The largest absolute Gasteiger partial charge is 0.497 e. The van der Waals surface area contributed by atoms with Gasteiger partial charge < -0.3 is 14.8 Å². The van der Waals surface area contributed by atoms with Gasteiger partial charge in [0.15, 0.2) is 0 Å². The molecule has 0 spiro atoms. The number of methoxy groups -OCH3 is 2. The van der Waals surface area contributed by atoms with E-state index in [0.29, 0.717) is 24.1 Å². The Balaban J connectivity index is 0.00000133. The summed E-state index contributed by atoms with van der Waals surface area (Å²) in [6, 6.07) is 16.3. The van der Waals surface area contributed by atoms with Crippen LogP contribution in [0, 0.1) is 0 Å². The van der Waals surface area contributed by atoms with Gasteiger partial charge in [0.2, 0.25) is 0 Å². The predicted octanol–water partition coefficient (Wildman–Crippen LogP) is 5.02. The number of pyridine rings is 1. The summed E-state index contributed by atoms with van der Waals surface area (Å²) >= 11 is 0. The molecule has 7 nitrogen and oxygen atoms in total. The summed E-state index contributed by atoms with van der Waals surface area (Å²) in [7, 11) is 3.25. The Bertz CT molecular complexity index is 1190. The minimum atomic E-state index is -0.277. The van der Waals surface area contributed by atoms with E-state index in [4.69, 9.17) is 14.5 Å². The smallest absolute Gasteiger partial charge is 0.262 e. The Morgan fingerprint density at radius 2 is 1.68 bits per heavy atom. The molecular weight excluding hydrogens is 430 g/mol. The maximum absolute atomic E-state index is 12.9. The summed E-state index contributed by atoms with van der Waals surface area (Å²) in [6.45, 7) is 4.54. The van der Waals surface area contributed by atoms with Gasteiger partial charge >= 0.3 is 0 Å². The van der Waals surface area contributed by atoms with Crippen molar-refractivity contribution in [3.63, 3.8) is 0 Å². The predicted molar refractivity (Wildman–Crippen MR) is 130 cm³/mol. The third-order valence-electron chi connectivity index (χ3n) is 6.11. The molecule has 0 radical (unpaired) electrons. The number of hydrogen-bond donors (Lipinski definition) is 1. The molecule has 1 atom stereocenters. The van der Waals surface area contributed by atoms with Gasteiger partial charge in [0, 0.05) is 23.9 Å². The molecule has 2 aliphatic rings. The van der Waals surface area contributed by atoms with E-state index in [1.807, 2.05) is 44.2 Å². The standard InChI is InChI=1S/C25H23N3O4.C2H6/c1-31-16-8-7-15(22(13-16)32-2)14-26-23-12-9-19-20(27-23)10-11-21(19)28-24(29)17-5-3-4-6-18(17)25(28)30;1-2/h3-9,12-13,21H,10-11,14H2,1-2H3,(H,26,27);1-2H3/t21-;/m1./s1. The molecular formula is C27H29N3O4. The highest BCUT2D eigenvalue weighted by Gasteiger charge is 2.42. The highest BCUT2D eigenvalue weighted by Crippen LogP contribution is 2.40. The van der Waals surface area contributed by atoms with E-state index in [2.05, 4.69) is 5.32 Å². The second kappa shape index (κ2) is 9.95. The second-order valence-electron chi connectivity index (χ2n) is 7.84. The third-order valence-corrected chi connectivity index (χ3v) is 6.11. The Morgan fingerprint density at radius 3 is 2.32 bits per heavy atom. The van der Waals surface area contributed by atoms with Crippen molar-refractivity contribution in [3.05, 3.63) is 82.5 Å². The normalized spacial score (nSPS) is 15.9. The van der Waals surface area contributed by atoms with Crippen LogP contribution in [0.4, 0.5) is 5.82 Å². The lowest BCUT2D eigenvalue weighted by Crippen LogP contribution is -2.33. The molecule has 1 aromatic heterocycles. The number of hydrogen-bond acceptors (Lipinski definition) is 6. The maximum atomic E-state index is 12.9. The quantitative estimate of drug-likeness (QED) is 0.522. The molecule has 2 aromatic carbocycles. The van der Waals surface area contributed by atoms with Crippen LogP contribution in [0.1, 0.15) is 63.8 Å². The number of ether oxygens (including phenoxy) is 2. The van der Waals surface area contributed by atoms with Gasteiger partial charge in [-0.15, -0.1) is 0 Å². The number of amides is 2. The minimum Gasteiger partial charge on any atom is -0.497 e. The first kappa shape index (κ1) is 23.3. The Labute approximate surface area is 199 Å². The molecule has 0 saturated heterocycles. The van der Waals surface area contributed by atoms with Crippen LogP contribution in [0.15, 0.2) is 54.6 Å². The SMILES string of the molecule is CC.COc1ccc(CNc2ccc3c(n2)CC[C@H]3N2C(=O)c3ccccc3C2=O)c(OC)c1. The lowest BCUT2D eigenvalue weighted by molar-refractivity contribution is 0.0582. The first-order chi connectivity index (χ1) is 16.6. The number of benzene rings is 2. The summed E-state index contributed by atoms with van der Waals surface area (Å²) in [5, 5.41) is 3.34. The fraction of sp³-hybridized carbons (Fsp3) is 0.296. The van der Waals surface area contributed by atoms with Crippen molar-refractivity contribution < 1.29 is 19.1 Å². The molecule has 0 bridgehead atoms. The molecule has 0 unspecified atom stereocenters. The first-order valence-corrected chi connectivity index (χ1v) is 11.5. The number of carbonyl (C=O) groups excluding carboxylic acids is 2. The molecule has 1 aliphatic heterocycles. The highest BCUT2D eigenvalue weighted by molar-refractivity contribution is 6.21. The number of carbonyl (C=O) groups is 2. The Morgan fingerprint density at radius 1 is 0.971 bits per heavy atom. The van der Waals surface area contributed by atoms with Gasteiger partial charge in [-0.25, -0.2) is 4.98 Å². The lowest BCUT2D eigenvalue weighted by atomic mass is 10.1. The fourth-order valence-electron chi connectivity index (χ4n) is 4.49. The van der Waals surface area contributed by atoms with Crippen molar-refractivity contribution >= 4 is 17.6 Å². The molecule has 5 rings (SSSR count). The van der Waals surface area contributed by atoms with Gasteiger partial charge in [0.25, 0.3) is 11.8 Å². The lowest BCUT2D eigenvalue weighted by Gasteiger charge is -2.22. The van der Waals surface area contributed by atoms with Gasteiger partial charge in [-0.2, -0.15) is 0 Å². The molecule has 2 amide bonds. The molecule has 0 saturated carbocycles. The van der Waals surface area contributed by atoms with Gasteiger partial charge in [-0.05, 0) is 48.7 Å². The van der Waals surface area contributed by atoms with E-state index < -0.39 is 0 Å². The molecule has 1 aliphatic carbocycles. The number of fused-ring (bicyclic) bond motifs is 2. The van der Waals surface area contributed by atoms with E-state index in [9.17, 15) is 9.59 Å². The van der Waals surface area contributed by atoms with Crippen molar-refractivity contribution in [2.75, 3.05) is 19.5 Å². The van der Waals surface area contributed by atoms with Crippen LogP contribution in [0.2, 0.25) is 0 Å². The number of aromatic nitrogens is 1. The number of nitrogens with zero attached hydrogens (tertiary/aromatic N) is 2. The van der Waals surface area contributed by atoms with Crippen LogP contribution in [0.5, 0.6) is 11.5 Å². The average molecular weight is 460 g/mol. The number of nitrogens with one attached hydrogen (secondary N) is 1. The number of aryl methyl sites for hydroxylation is 1. The van der Waals surface area contributed by atoms with Crippen molar-refractivity contribution in [3.8, 4) is 11.5 Å². The second-order valence-corrected chi connectivity index (χ2v) is 7.84. The van der Waals surface area contributed by atoms with Crippen molar-refractivity contribution in [1.29, 1.82) is 0 Å². The molecule has 7 heteroatoms. The fourth-order valence-corrected chi connectivity index (χ4v) is 4.49. The molecule has 0 fully saturated rings. The summed E-state index contributed by atoms with van der Waals surface area (Å²) in [4.78, 5) is 31.9. The number of anilines is 1. The molecule has 2 heterocycles. The number of imide groups is 1. The molecule has 176 valence electrons. The minimum absolute atomic E-state index is 0.225. The van der Waals surface area contributed by atoms with Crippen molar-refractivity contribution in [2.24, 2.45) is 0 Å². The van der Waals surface area contributed by atoms with Crippen molar-refractivity contribution in [2.45, 2.75) is 39.3 Å². The topological polar surface area (TPSA) is 80.8 Å². The van der Waals surface area contributed by atoms with E-state index in [0.717, 1.165) is 40.6 Å². The molecule has 34 heavy (non-hydrogen) atoms. The van der Waals surface area contributed by atoms with Crippen molar-refractivity contribution in [1.82, 2.24) is 9.88 Å². The average Bonchev–Trinajstić information content (AvgIpc) is 3.41. The van der Waals surface area contributed by atoms with Crippen LogP contribution in [0.25, 0.3) is 0 Å². The zero-order valence-electron chi connectivity index (χ0n) is 19.9. The van der Waals surface area contributed by atoms with E-state index in [1.54, 1.807) is 38.5 Å². The maximum Gasteiger partial charge on any atom is 0.262 e. The monoisotopic (exact) mass is 459 g/mol. The Hall–Kier alpha value is -3.87. The third kappa shape index (κ3) is 4.09. The van der Waals surface area contributed by atoms with E-state index in [-0.39, 0.29) is 17.9 Å². The van der Waals surface area contributed by atoms with E-state index in [1.165, 1.54) is 4.90 Å². The Kier molecular flexibility index (Phi) is 6.82. The van der Waals surface area contributed by atoms with E-state index >= 15 is 0 Å². The van der Waals surface area contributed by atoms with Gasteiger partial charge in [-0.3, -0.25) is 14.5 Å². The summed E-state index contributed by atoms with van der Waals surface area (Å²) in [5.74, 6) is 1.77. The van der Waals surface area contributed by atoms with Gasteiger partial charge in [0.05, 0.1) is 31.4 Å². The zero-order valence-corrected chi connectivity index (χ0v) is 19.9. The molecule has 3 aromatic rings. The van der Waals surface area contributed by atoms with Crippen LogP contribution in [0.3, 0.4) is 0 Å².